The Hall–Kier alpha value is -1.36. The van der Waals surface area contributed by atoms with Gasteiger partial charge in [0.15, 0.2) is 0 Å². The SMILES string of the molecule is Cn1cc([C@H]2CNC[C@@H]2C(=O)N2CCC(C(C)(C)C)CC2)cn1. The second-order valence-corrected chi connectivity index (χ2v) is 8.28. The molecule has 1 N–H and O–H groups in total. The number of likely N-dealkylation sites (tertiary alicyclic amines) is 1. The van der Waals surface area contributed by atoms with Crippen molar-refractivity contribution in [3.05, 3.63) is 18.0 Å². The van der Waals surface area contributed by atoms with Crippen LogP contribution in [-0.4, -0.2) is 46.8 Å². The summed E-state index contributed by atoms with van der Waals surface area (Å²) in [4.78, 5) is 15.1. The van der Waals surface area contributed by atoms with Crippen molar-refractivity contribution in [1.29, 1.82) is 0 Å². The molecule has 0 unspecified atom stereocenters. The van der Waals surface area contributed by atoms with Gasteiger partial charge in [0, 0.05) is 45.3 Å². The van der Waals surface area contributed by atoms with Crippen molar-refractivity contribution in [1.82, 2.24) is 20.0 Å². The van der Waals surface area contributed by atoms with Crippen LogP contribution in [0.5, 0.6) is 0 Å². The van der Waals surface area contributed by atoms with E-state index in [-0.39, 0.29) is 11.8 Å². The van der Waals surface area contributed by atoms with E-state index in [4.69, 9.17) is 0 Å². The van der Waals surface area contributed by atoms with Crippen molar-refractivity contribution in [3.8, 4) is 0 Å². The van der Waals surface area contributed by atoms with E-state index in [1.54, 1.807) is 0 Å². The largest absolute Gasteiger partial charge is 0.342 e. The van der Waals surface area contributed by atoms with Gasteiger partial charge in [-0.1, -0.05) is 20.8 Å². The van der Waals surface area contributed by atoms with E-state index in [2.05, 4.69) is 36.1 Å². The number of aryl methyl sites for hydroxylation is 1. The van der Waals surface area contributed by atoms with Crippen LogP contribution in [0.3, 0.4) is 0 Å². The molecule has 5 nitrogen and oxygen atoms in total. The van der Waals surface area contributed by atoms with Gasteiger partial charge in [-0.15, -0.1) is 0 Å². The van der Waals surface area contributed by atoms with Gasteiger partial charge in [-0.05, 0) is 29.7 Å². The molecular weight excluding hydrogens is 288 g/mol. The lowest BCUT2D eigenvalue weighted by Crippen LogP contribution is -2.45. The second kappa shape index (κ2) is 6.27. The zero-order valence-corrected chi connectivity index (χ0v) is 14.9. The van der Waals surface area contributed by atoms with E-state index >= 15 is 0 Å². The van der Waals surface area contributed by atoms with Crippen LogP contribution in [0.25, 0.3) is 0 Å². The van der Waals surface area contributed by atoms with Crippen LogP contribution in [0.15, 0.2) is 12.4 Å². The third-order valence-corrected chi connectivity index (χ3v) is 5.72. The summed E-state index contributed by atoms with van der Waals surface area (Å²) in [6.45, 7) is 10.4. The molecule has 2 aliphatic rings. The predicted molar refractivity (Wildman–Crippen MR) is 91.1 cm³/mol. The van der Waals surface area contributed by atoms with Crippen molar-refractivity contribution < 1.29 is 4.79 Å². The summed E-state index contributed by atoms with van der Waals surface area (Å²) in [7, 11) is 1.93. The highest BCUT2D eigenvalue weighted by atomic mass is 16.2. The van der Waals surface area contributed by atoms with E-state index in [0.29, 0.717) is 11.3 Å². The lowest BCUT2D eigenvalue weighted by atomic mass is 9.75. The first kappa shape index (κ1) is 16.5. The van der Waals surface area contributed by atoms with Gasteiger partial charge in [0.25, 0.3) is 0 Å². The maximum Gasteiger partial charge on any atom is 0.227 e. The smallest absolute Gasteiger partial charge is 0.227 e. The summed E-state index contributed by atoms with van der Waals surface area (Å²) in [5.74, 6) is 1.38. The number of nitrogens with one attached hydrogen (secondary N) is 1. The van der Waals surface area contributed by atoms with Crippen LogP contribution in [-0.2, 0) is 11.8 Å². The van der Waals surface area contributed by atoms with Gasteiger partial charge in [0.05, 0.1) is 12.1 Å². The molecule has 0 spiro atoms. The van der Waals surface area contributed by atoms with Gasteiger partial charge in [-0.3, -0.25) is 9.48 Å². The van der Waals surface area contributed by atoms with E-state index in [0.717, 1.165) is 44.9 Å². The first-order chi connectivity index (χ1) is 10.9. The Morgan fingerprint density at radius 2 is 1.96 bits per heavy atom. The highest BCUT2D eigenvalue weighted by Gasteiger charge is 2.39. The minimum atomic E-state index is 0.0605. The van der Waals surface area contributed by atoms with Gasteiger partial charge >= 0.3 is 0 Å². The molecule has 5 heteroatoms. The maximum atomic E-state index is 13.0. The first-order valence-corrected chi connectivity index (χ1v) is 8.84. The van der Waals surface area contributed by atoms with Crippen molar-refractivity contribution in [2.75, 3.05) is 26.2 Å². The van der Waals surface area contributed by atoms with E-state index in [9.17, 15) is 4.79 Å². The molecular formula is C18H30N4O. The molecule has 0 saturated carbocycles. The quantitative estimate of drug-likeness (QED) is 0.907. The summed E-state index contributed by atoms with van der Waals surface area (Å²) in [5.41, 5.74) is 1.53. The number of aromatic nitrogens is 2. The Morgan fingerprint density at radius 1 is 1.26 bits per heavy atom. The molecule has 3 rings (SSSR count). The summed E-state index contributed by atoms with van der Waals surface area (Å²) in [6, 6.07) is 0. The molecule has 2 fully saturated rings. The van der Waals surface area contributed by atoms with Crippen LogP contribution < -0.4 is 5.32 Å². The van der Waals surface area contributed by atoms with Gasteiger partial charge in [-0.25, -0.2) is 0 Å². The van der Waals surface area contributed by atoms with Gasteiger partial charge in [0.1, 0.15) is 0 Å². The van der Waals surface area contributed by atoms with Crippen molar-refractivity contribution >= 4 is 5.91 Å². The van der Waals surface area contributed by atoms with Crippen LogP contribution in [0.4, 0.5) is 0 Å². The molecule has 0 bridgehead atoms. The van der Waals surface area contributed by atoms with Crippen molar-refractivity contribution in [2.24, 2.45) is 24.3 Å². The standard InChI is InChI=1S/C18H30N4O/c1-18(2,3)14-5-7-22(8-6-14)17(23)16-11-19-10-15(16)13-9-20-21(4)12-13/h9,12,14-16,19H,5-8,10-11H2,1-4H3/t15-,16+/m1/s1. The summed E-state index contributed by atoms with van der Waals surface area (Å²) < 4.78 is 1.82. The normalized spacial score (nSPS) is 26.7. The zero-order valence-electron chi connectivity index (χ0n) is 14.9. The second-order valence-electron chi connectivity index (χ2n) is 8.28. The number of amides is 1. The lowest BCUT2D eigenvalue weighted by molar-refractivity contribution is -0.137. The van der Waals surface area contributed by atoms with Gasteiger partial charge < -0.3 is 10.2 Å². The third kappa shape index (κ3) is 3.44. The molecule has 1 amide bonds. The molecule has 23 heavy (non-hydrogen) atoms. The molecule has 0 aliphatic carbocycles. The number of carbonyl (C=O) groups is 1. The lowest BCUT2D eigenvalue weighted by Gasteiger charge is -2.40. The monoisotopic (exact) mass is 318 g/mol. The Kier molecular flexibility index (Phi) is 4.50. The number of hydrogen-bond donors (Lipinski definition) is 1. The number of piperidine rings is 1. The van der Waals surface area contributed by atoms with Gasteiger partial charge in [0.2, 0.25) is 5.91 Å². The Labute approximate surface area is 139 Å². The van der Waals surface area contributed by atoms with Crippen LogP contribution in [0.2, 0.25) is 0 Å². The summed E-state index contributed by atoms with van der Waals surface area (Å²) in [5, 5.41) is 7.67. The van der Waals surface area contributed by atoms with Gasteiger partial charge in [-0.2, -0.15) is 5.10 Å². The molecule has 3 heterocycles. The number of carbonyl (C=O) groups excluding carboxylic acids is 1. The summed E-state index contributed by atoms with van der Waals surface area (Å²) in [6.07, 6.45) is 6.22. The predicted octanol–water partition coefficient (Wildman–Crippen LogP) is 2.01. The third-order valence-electron chi connectivity index (χ3n) is 5.72. The minimum absolute atomic E-state index is 0.0605. The maximum absolute atomic E-state index is 13.0. The number of hydrogen-bond acceptors (Lipinski definition) is 3. The average molecular weight is 318 g/mol. The van der Waals surface area contributed by atoms with Crippen molar-refractivity contribution in [2.45, 2.75) is 39.5 Å². The molecule has 2 atom stereocenters. The molecule has 1 aromatic heterocycles. The van der Waals surface area contributed by atoms with E-state index in [1.807, 2.05) is 24.1 Å². The molecule has 0 aromatic carbocycles. The van der Waals surface area contributed by atoms with E-state index in [1.165, 1.54) is 5.56 Å². The Morgan fingerprint density at radius 3 is 2.52 bits per heavy atom. The topological polar surface area (TPSA) is 50.2 Å². The number of nitrogens with zero attached hydrogens (tertiary/aromatic N) is 3. The Balaban J connectivity index is 1.64. The number of rotatable bonds is 2. The highest BCUT2D eigenvalue weighted by molar-refractivity contribution is 5.80. The highest BCUT2D eigenvalue weighted by Crippen LogP contribution is 2.36. The molecule has 128 valence electrons. The fourth-order valence-electron chi connectivity index (χ4n) is 4.12. The average Bonchev–Trinajstić information content (AvgIpc) is 3.14. The molecule has 2 saturated heterocycles. The Bertz CT molecular complexity index is 552. The molecule has 0 radical (unpaired) electrons. The minimum Gasteiger partial charge on any atom is -0.342 e. The summed E-state index contributed by atoms with van der Waals surface area (Å²) >= 11 is 0. The van der Waals surface area contributed by atoms with E-state index < -0.39 is 0 Å². The molecule has 1 aromatic rings. The fourth-order valence-corrected chi connectivity index (χ4v) is 4.12. The fraction of sp³-hybridized carbons (Fsp3) is 0.778. The van der Waals surface area contributed by atoms with Crippen LogP contribution in [0.1, 0.15) is 45.1 Å². The zero-order chi connectivity index (χ0) is 16.6. The van der Waals surface area contributed by atoms with Crippen LogP contribution >= 0.6 is 0 Å². The molecule has 2 aliphatic heterocycles. The van der Waals surface area contributed by atoms with Crippen LogP contribution in [0, 0.1) is 17.3 Å². The van der Waals surface area contributed by atoms with Crippen molar-refractivity contribution in [3.63, 3.8) is 0 Å². The first-order valence-electron chi connectivity index (χ1n) is 8.84.